The first-order chi connectivity index (χ1) is 28.1. The molecule has 4 nitrogen and oxygen atoms in total. The van der Waals surface area contributed by atoms with E-state index in [1.807, 2.05) is 67.6 Å². The molecule has 0 N–H and O–H groups in total. The second kappa shape index (κ2) is 15.7. The van der Waals surface area contributed by atoms with E-state index in [2.05, 4.69) is 157 Å². The number of para-hydroxylation sites is 4. The van der Waals surface area contributed by atoms with E-state index in [-0.39, 0.29) is 0 Å². The van der Waals surface area contributed by atoms with Crippen molar-refractivity contribution in [1.29, 1.82) is 0 Å². The maximum Gasteiger partial charge on any atom is 0.160 e. The van der Waals surface area contributed by atoms with Gasteiger partial charge in [-0.15, -0.1) is 0 Å². The molecule has 0 unspecified atom stereocenters. The summed E-state index contributed by atoms with van der Waals surface area (Å²) in [6.45, 7) is 6.33. The Kier molecular flexibility index (Phi) is 9.66. The topological polar surface area (TPSA) is 41.1 Å². The van der Waals surface area contributed by atoms with Gasteiger partial charge in [-0.1, -0.05) is 170 Å². The summed E-state index contributed by atoms with van der Waals surface area (Å²) in [6, 6.07) is 71.0. The van der Waals surface area contributed by atoms with Gasteiger partial charge in [-0.2, -0.15) is 0 Å². The molecule has 4 heteroatoms. The molecule has 1 heterocycles. The number of rotatable bonds is 9. The molecular weight excluding hydrogens is 695 g/mol. The van der Waals surface area contributed by atoms with E-state index in [0.717, 1.165) is 83.7 Å². The van der Waals surface area contributed by atoms with Crippen molar-refractivity contribution in [3.05, 3.63) is 230 Å². The van der Waals surface area contributed by atoms with Gasteiger partial charge < -0.3 is 9.32 Å². The highest BCUT2D eigenvalue weighted by Gasteiger charge is 2.18. The minimum atomic E-state index is 0.590. The standard InChI is InChI=1S/C53H39N3O/c1-37(39-18-7-3-8-19-39)54-53(55-38(2)40-20-9-4-10-21-40)43-23-15-22-42(36-43)48-29-17-31-50-49-30-16-28-47(51(49)57-52(48)50)41-32-34-46(35-33-41)56(44-24-11-5-12-25-44)45-26-13-6-14-27-45/h3-36H,1H2,2H3. The lowest BCUT2D eigenvalue weighted by atomic mass is 9.99. The maximum atomic E-state index is 6.90. The van der Waals surface area contributed by atoms with Crippen molar-refractivity contribution in [2.45, 2.75) is 6.92 Å². The van der Waals surface area contributed by atoms with Crippen LogP contribution in [0.4, 0.5) is 17.1 Å². The number of benzene rings is 8. The van der Waals surface area contributed by atoms with Crippen molar-refractivity contribution in [2.75, 3.05) is 4.90 Å². The predicted octanol–water partition coefficient (Wildman–Crippen LogP) is 14.3. The summed E-state index contributed by atoms with van der Waals surface area (Å²) in [5.74, 6) is 0.590. The monoisotopic (exact) mass is 733 g/mol. The number of hydrogen-bond donors (Lipinski definition) is 0. The smallest absolute Gasteiger partial charge is 0.160 e. The minimum Gasteiger partial charge on any atom is -0.455 e. The van der Waals surface area contributed by atoms with Crippen LogP contribution in [0.2, 0.25) is 0 Å². The summed E-state index contributed by atoms with van der Waals surface area (Å²) in [4.78, 5) is 12.4. The zero-order valence-corrected chi connectivity index (χ0v) is 31.6. The van der Waals surface area contributed by atoms with Gasteiger partial charge in [0.15, 0.2) is 5.84 Å². The Balaban J connectivity index is 1.11. The molecule has 0 aliphatic rings. The summed E-state index contributed by atoms with van der Waals surface area (Å²) in [5.41, 5.74) is 13.5. The summed E-state index contributed by atoms with van der Waals surface area (Å²) in [7, 11) is 0. The van der Waals surface area contributed by atoms with E-state index in [4.69, 9.17) is 14.4 Å². The second-order valence-corrected chi connectivity index (χ2v) is 13.9. The van der Waals surface area contributed by atoms with Gasteiger partial charge in [0.25, 0.3) is 0 Å². The predicted molar refractivity (Wildman–Crippen MR) is 240 cm³/mol. The van der Waals surface area contributed by atoms with Crippen LogP contribution >= 0.6 is 0 Å². The van der Waals surface area contributed by atoms with Crippen LogP contribution in [-0.2, 0) is 0 Å². The van der Waals surface area contributed by atoms with Crippen molar-refractivity contribution in [3.8, 4) is 22.3 Å². The van der Waals surface area contributed by atoms with Gasteiger partial charge >= 0.3 is 0 Å². The van der Waals surface area contributed by atoms with Crippen LogP contribution < -0.4 is 4.90 Å². The fourth-order valence-corrected chi connectivity index (χ4v) is 7.37. The SMILES string of the molecule is C=C(N=C(N=C(C)c1ccccc1)c1cccc(-c2cccc3c2oc2c(-c4ccc(N(c5ccccc5)c5ccccc5)cc4)cccc23)c1)c1ccccc1. The molecule has 272 valence electrons. The number of nitrogens with zero attached hydrogens (tertiary/aromatic N) is 3. The third-order valence-corrected chi connectivity index (χ3v) is 10.2. The summed E-state index contributed by atoms with van der Waals surface area (Å²) in [6.07, 6.45) is 0. The first-order valence-electron chi connectivity index (χ1n) is 19.1. The lowest BCUT2D eigenvalue weighted by Crippen LogP contribution is -2.09. The molecular formula is C53H39N3O. The molecule has 9 rings (SSSR count). The number of fused-ring (bicyclic) bond motifs is 3. The van der Waals surface area contributed by atoms with Crippen molar-refractivity contribution in [2.24, 2.45) is 9.98 Å². The summed E-state index contributed by atoms with van der Waals surface area (Å²) >= 11 is 0. The zero-order valence-electron chi connectivity index (χ0n) is 31.6. The molecule has 0 aliphatic carbocycles. The second-order valence-electron chi connectivity index (χ2n) is 13.9. The zero-order chi connectivity index (χ0) is 38.6. The molecule has 8 aromatic carbocycles. The van der Waals surface area contributed by atoms with Crippen LogP contribution in [0.25, 0.3) is 49.9 Å². The van der Waals surface area contributed by atoms with Crippen LogP contribution in [0.15, 0.2) is 227 Å². The van der Waals surface area contributed by atoms with Crippen molar-refractivity contribution >= 4 is 56.2 Å². The average molecular weight is 734 g/mol. The van der Waals surface area contributed by atoms with Crippen LogP contribution in [0.5, 0.6) is 0 Å². The number of hydrogen-bond acceptors (Lipinski definition) is 3. The third kappa shape index (κ3) is 7.20. The molecule has 0 fully saturated rings. The van der Waals surface area contributed by atoms with Gasteiger partial charge in [-0.05, 0) is 71.6 Å². The van der Waals surface area contributed by atoms with E-state index < -0.39 is 0 Å². The van der Waals surface area contributed by atoms with Gasteiger partial charge in [0.2, 0.25) is 0 Å². The van der Waals surface area contributed by atoms with Gasteiger partial charge in [0.05, 0.1) is 5.70 Å². The van der Waals surface area contributed by atoms with Crippen LogP contribution in [0.3, 0.4) is 0 Å². The fraction of sp³-hybridized carbons (Fsp3) is 0.0189. The molecule has 57 heavy (non-hydrogen) atoms. The quantitative estimate of drug-likeness (QED) is 0.109. The van der Waals surface area contributed by atoms with Crippen molar-refractivity contribution < 1.29 is 4.42 Å². The van der Waals surface area contributed by atoms with Crippen molar-refractivity contribution in [1.82, 2.24) is 0 Å². The molecule has 0 saturated carbocycles. The summed E-state index contributed by atoms with van der Waals surface area (Å²) < 4.78 is 6.90. The Morgan fingerprint density at radius 1 is 0.439 bits per heavy atom. The molecule has 0 bridgehead atoms. The van der Waals surface area contributed by atoms with E-state index in [9.17, 15) is 0 Å². The molecule has 9 aromatic rings. The highest BCUT2D eigenvalue weighted by Crippen LogP contribution is 2.41. The third-order valence-electron chi connectivity index (χ3n) is 10.2. The number of amidine groups is 1. The molecule has 0 saturated heterocycles. The molecule has 0 aliphatic heterocycles. The van der Waals surface area contributed by atoms with E-state index >= 15 is 0 Å². The van der Waals surface area contributed by atoms with Gasteiger partial charge in [-0.25, -0.2) is 9.98 Å². The van der Waals surface area contributed by atoms with Crippen LogP contribution in [-0.4, -0.2) is 11.5 Å². The summed E-state index contributed by atoms with van der Waals surface area (Å²) in [5, 5.41) is 2.14. The molecule has 0 atom stereocenters. The first kappa shape index (κ1) is 35.2. The Morgan fingerprint density at radius 3 is 1.49 bits per heavy atom. The molecule has 0 radical (unpaired) electrons. The fourth-order valence-electron chi connectivity index (χ4n) is 7.37. The molecule has 0 amide bonds. The largest absolute Gasteiger partial charge is 0.455 e. The minimum absolute atomic E-state index is 0.590. The first-order valence-corrected chi connectivity index (χ1v) is 19.1. The average Bonchev–Trinajstić information content (AvgIpc) is 3.67. The lowest BCUT2D eigenvalue weighted by molar-refractivity contribution is 0.671. The Bertz CT molecular complexity index is 2850. The number of aliphatic imine (C=N–C) groups is 2. The maximum absolute atomic E-state index is 6.90. The lowest BCUT2D eigenvalue weighted by Gasteiger charge is -2.25. The van der Waals surface area contributed by atoms with Crippen LogP contribution in [0, 0.1) is 0 Å². The molecule has 0 spiro atoms. The van der Waals surface area contributed by atoms with E-state index in [0.29, 0.717) is 11.5 Å². The van der Waals surface area contributed by atoms with E-state index in [1.54, 1.807) is 0 Å². The highest BCUT2D eigenvalue weighted by atomic mass is 16.3. The normalized spacial score (nSPS) is 11.9. The van der Waals surface area contributed by atoms with Gasteiger partial charge in [-0.3, -0.25) is 0 Å². The Morgan fingerprint density at radius 2 is 0.912 bits per heavy atom. The van der Waals surface area contributed by atoms with E-state index in [1.165, 1.54) is 0 Å². The van der Waals surface area contributed by atoms with Crippen molar-refractivity contribution in [3.63, 3.8) is 0 Å². The van der Waals surface area contributed by atoms with Crippen LogP contribution in [0.1, 0.15) is 23.6 Å². The van der Waals surface area contributed by atoms with Gasteiger partial charge in [0, 0.05) is 50.2 Å². The number of furan rings is 1. The number of anilines is 3. The Hall–Kier alpha value is -7.56. The van der Waals surface area contributed by atoms with Gasteiger partial charge in [0.1, 0.15) is 11.2 Å². The Labute approximate surface area is 333 Å². The molecule has 1 aromatic heterocycles. The highest BCUT2D eigenvalue weighted by molar-refractivity contribution is 6.15.